The molecule has 3 saturated heterocycles. The van der Waals surface area contributed by atoms with Gasteiger partial charge in [-0.3, -0.25) is 9.59 Å². The lowest BCUT2D eigenvalue weighted by molar-refractivity contribution is -0.153. The molecule has 32 heavy (non-hydrogen) atoms. The number of nitrogens with one attached hydrogen (secondary N) is 3. The molecule has 170 valence electrons. The quantitative estimate of drug-likeness (QED) is 0.603. The highest BCUT2D eigenvalue weighted by Gasteiger charge is 2.60. The number of benzene rings is 2. The van der Waals surface area contributed by atoms with Crippen molar-refractivity contribution in [2.24, 2.45) is 0 Å². The first-order valence-corrected chi connectivity index (χ1v) is 11.0. The minimum Gasteiger partial charge on any atom is -0.434 e. The van der Waals surface area contributed by atoms with E-state index in [-0.39, 0.29) is 30.3 Å². The van der Waals surface area contributed by atoms with Gasteiger partial charge in [0, 0.05) is 30.3 Å². The number of hydrogen-bond donors (Lipinski definition) is 3. The molecule has 0 aromatic heterocycles. The number of ether oxygens (including phenoxy) is 1. The van der Waals surface area contributed by atoms with E-state index in [4.69, 9.17) is 4.74 Å². The van der Waals surface area contributed by atoms with Crippen molar-refractivity contribution in [1.82, 2.24) is 20.9 Å². The predicted molar refractivity (Wildman–Crippen MR) is 123 cm³/mol. The van der Waals surface area contributed by atoms with Gasteiger partial charge in [0.25, 0.3) is 0 Å². The van der Waals surface area contributed by atoms with Gasteiger partial charge in [0.1, 0.15) is 12.1 Å². The fourth-order valence-electron chi connectivity index (χ4n) is 5.07. The number of nitrogens with zero attached hydrogens (tertiary/aromatic N) is 1. The zero-order valence-electron chi connectivity index (χ0n) is 17.8. The molecule has 2 unspecified atom stereocenters. The molecule has 0 bridgehead atoms. The van der Waals surface area contributed by atoms with Crippen molar-refractivity contribution in [2.75, 3.05) is 26.2 Å². The van der Waals surface area contributed by atoms with Crippen LogP contribution in [0.3, 0.4) is 0 Å². The van der Waals surface area contributed by atoms with Gasteiger partial charge in [0.2, 0.25) is 11.6 Å². The summed E-state index contributed by atoms with van der Waals surface area (Å²) in [6.07, 6.45) is 1.82. The first kappa shape index (κ1) is 22.7. The molecule has 3 fully saturated rings. The number of piperidine rings is 1. The average Bonchev–Trinajstić information content (AvgIpc) is 3.14. The number of fused-ring (bicyclic) bond motifs is 1. The van der Waals surface area contributed by atoms with Crippen LogP contribution in [-0.2, 0) is 20.1 Å². The fraction of sp³-hybridized carbons (Fsp3) is 0.417. The van der Waals surface area contributed by atoms with Crippen molar-refractivity contribution in [3.63, 3.8) is 0 Å². The normalized spacial score (nSPS) is 25.3. The maximum Gasteiger partial charge on any atom is 0.327 e. The van der Waals surface area contributed by atoms with Gasteiger partial charge in [-0.2, -0.15) is 0 Å². The van der Waals surface area contributed by atoms with Crippen molar-refractivity contribution in [3.8, 4) is 0 Å². The summed E-state index contributed by atoms with van der Waals surface area (Å²) < 4.78 is 6.20. The van der Waals surface area contributed by atoms with Crippen LogP contribution >= 0.6 is 12.4 Å². The van der Waals surface area contributed by atoms with E-state index < -0.39 is 17.8 Å². The van der Waals surface area contributed by atoms with Crippen molar-refractivity contribution in [2.45, 2.75) is 36.7 Å². The summed E-state index contributed by atoms with van der Waals surface area (Å²) in [5.74, 6) is -0.363. The maximum atomic E-state index is 13.5. The largest absolute Gasteiger partial charge is 0.434 e. The zero-order valence-corrected chi connectivity index (χ0v) is 18.6. The second-order valence-corrected chi connectivity index (χ2v) is 8.43. The number of amides is 1. The lowest BCUT2D eigenvalue weighted by Crippen LogP contribution is -2.66. The Hall–Kier alpha value is -2.45. The van der Waals surface area contributed by atoms with Crippen LogP contribution in [0.1, 0.15) is 24.0 Å². The first-order valence-electron chi connectivity index (χ1n) is 11.0. The van der Waals surface area contributed by atoms with Crippen LogP contribution in [0, 0.1) is 0 Å². The third-order valence-corrected chi connectivity index (χ3v) is 6.55. The van der Waals surface area contributed by atoms with E-state index in [2.05, 4.69) is 16.0 Å². The van der Waals surface area contributed by atoms with Crippen LogP contribution in [-0.4, -0.2) is 61.1 Å². The fourth-order valence-corrected chi connectivity index (χ4v) is 5.07. The smallest absolute Gasteiger partial charge is 0.327 e. The Morgan fingerprint density at radius 2 is 1.53 bits per heavy atom. The average molecular weight is 457 g/mol. The number of cyclic esters (lactones) is 1. The Morgan fingerprint density at radius 3 is 2.12 bits per heavy atom. The van der Waals surface area contributed by atoms with Gasteiger partial charge in [0.05, 0.1) is 0 Å². The van der Waals surface area contributed by atoms with E-state index in [1.54, 1.807) is 0 Å². The molecule has 0 spiro atoms. The summed E-state index contributed by atoms with van der Waals surface area (Å²) in [5, 5.41) is 9.84. The molecule has 3 heterocycles. The van der Waals surface area contributed by atoms with E-state index >= 15 is 0 Å². The van der Waals surface area contributed by atoms with E-state index in [1.807, 2.05) is 65.6 Å². The highest BCUT2D eigenvalue weighted by Crippen LogP contribution is 2.45. The molecular formula is C24H29ClN4O3. The minimum atomic E-state index is -1.14. The number of esters is 1. The lowest BCUT2D eigenvalue weighted by atomic mass is 9.89. The number of carbonyl (C=O) groups is 2. The molecule has 8 heteroatoms. The predicted octanol–water partition coefficient (Wildman–Crippen LogP) is 1.38. The van der Waals surface area contributed by atoms with Gasteiger partial charge >= 0.3 is 5.97 Å². The molecule has 3 aliphatic heterocycles. The van der Waals surface area contributed by atoms with Gasteiger partial charge in [-0.1, -0.05) is 60.7 Å². The number of hydrogen-bond acceptors (Lipinski definition) is 6. The van der Waals surface area contributed by atoms with E-state index in [9.17, 15) is 9.59 Å². The topological polar surface area (TPSA) is 82.7 Å². The molecule has 7 nitrogen and oxygen atoms in total. The minimum absolute atomic E-state index is 0. The van der Waals surface area contributed by atoms with Crippen LogP contribution in [0.25, 0.3) is 0 Å². The van der Waals surface area contributed by atoms with Gasteiger partial charge in [-0.15, -0.1) is 12.4 Å². The van der Waals surface area contributed by atoms with Gasteiger partial charge in [-0.25, -0.2) is 4.90 Å². The lowest BCUT2D eigenvalue weighted by Gasteiger charge is -2.45. The Balaban J connectivity index is 0.00000245. The summed E-state index contributed by atoms with van der Waals surface area (Å²) in [6, 6.07) is 18.6. The van der Waals surface area contributed by atoms with Crippen LogP contribution in [0.2, 0.25) is 0 Å². The molecular weight excluding hydrogens is 428 g/mol. The summed E-state index contributed by atoms with van der Waals surface area (Å²) in [5.41, 5.74) is 0.555. The Labute approximate surface area is 194 Å². The molecule has 2 aromatic carbocycles. The third kappa shape index (κ3) is 3.90. The molecule has 2 atom stereocenters. The molecule has 0 saturated carbocycles. The number of rotatable bonds is 4. The van der Waals surface area contributed by atoms with E-state index in [1.165, 1.54) is 0 Å². The van der Waals surface area contributed by atoms with Crippen molar-refractivity contribution in [1.29, 1.82) is 0 Å². The molecule has 1 amide bonds. The third-order valence-electron chi connectivity index (χ3n) is 6.55. The van der Waals surface area contributed by atoms with Crippen LogP contribution in [0.5, 0.6) is 0 Å². The van der Waals surface area contributed by atoms with E-state index in [0.717, 1.165) is 37.1 Å². The molecule has 3 N–H and O–H groups in total. The number of piperazine rings is 1. The highest BCUT2D eigenvalue weighted by atomic mass is 35.5. The second-order valence-electron chi connectivity index (χ2n) is 8.43. The second kappa shape index (κ2) is 9.58. The summed E-state index contributed by atoms with van der Waals surface area (Å²) in [4.78, 5) is 28.6. The highest BCUT2D eigenvalue weighted by molar-refractivity contribution is 5.87. The Bertz CT molecular complexity index is 897. The van der Waals surface area contributed by atoms with Gasteiger partial charge < -0.3 is 20.7 Å². The Morgan fingerprint density at radius 1 is 0.938 bits per heavy atom. The molecule has 0 radical (unpaired) electrons. The first-order chi connectivity index (χ1) is 15.2. The van der Waals surface area contributed by atoms with Gasteiger partial charge in [-0.05, 0) is 25.9 Å². The summed E-state index contributed by atoms with van der Waals surface area (Å²) in [7, 11) is 0. The van der Waals surface area contributed by atoms with Crippen LogP contribution in [0.15, 0.2) is 60.7 Å². The number of carbonyl (C=O) groups excluding carboxylic acids is 2. The van der Waals surface area contributed by atoms with E-state index in [0.29, 0.717) is 13.1 Å². The monoisotopic (exact) mass is 456 g/mol. The molecule has 3 aliphatic rings. The Kier molecular flexibility index (Phi) is 6.81. The molecule has 5 rings (SSSR count). The SMILES string of the molecule is Cl.O=C(NC1CCNCC1)C1CNCC2C(=O)OC(c3ccccc3)(c3ccccc3)N12. The summed E-state index contributed by atoms with van der Waals surface area (Å²) >= 11 is 0. The van der Waals surface area contributed by atoms with Crippen molar-refractivity contribution < 1.29 is 14.3 Å². The molecule has 2 aromatic rings. The van der Waals surface area contributed by atoms with Crippen LogP contribution < -0.4 is 16.0 Å². The van der Waals surface area contributed by atoms with Crippen molar-refractivity contribution in [3.05, 3.63) is 71.8 Å². The maximum absolute atomic E-state index is 13.5. The number of halogens is 1. The van der Waals surface area contributed by atoms with Gasteiger partial charge in [0.15, 0.2) is 0 Å². The van der Waals surface area contributed by atoms with Crippen molar-refractivity contribution >= 4 is 24.3 Å². The molecule has 0 aliphatic carbocycles. The summed E-state index contributed by atoms with van der Waals surface area (Å²) in [6.45, 7) is 2.72. The standard InChI is InChI=1S/C24H28N4O3.ClH/c29-22(27-19-11-13-25-14-12-19)20-15-26-16-21-23(30)31-24(28(20)21,17-7-3-1-4-8-17)18-9-5-2-6-10-18;/h1-10,19-21,25-26H,11-16H2,(H,27,29);1H. The zero-order chi connectivity index (χ0) is 21.3. The van der Waals surface area contributed by atoms with Crippen LogP contribution in [0.4, 0.5) is 0 Å².